The second kappa shape index (κ2) is 3.72. The zero-order valence-electron chi connectivity index (χ0n) is 7.72. The van der Waals surface area contributed by atoms with E-state index in [0.29, 0.717) is 6.42 Å². The Bertz CT molecular complexity index is 143. The number of hydrogen-bond donors (Lipinski definition) is 1. The summed E-state index contributed by atoms with van der Waals surface area (Å²) >= 11 is 0. The standard InChI is InChI=1S/C8H17NO2/c1-7(11)9(4)8(2,3)5-6-10/h10H,5-6H2,1-4H3. The highest BCUT2D eigenvalue weighted by atomic mass is 16.3. The summed E-state index contributed by atoms with van der Waals surface area (Å²) in [4.78, 5) is 12.6. The van der Waals surface area contributed by atoms with E-state index < -0.39 is 0 Å². The van der Waals surface area contributed by atoms with Crippen molar-refractivity contribution in [3.8, 4) is 0 Å². The van der Waals surface area contributed by atoms with Gasteiger partial charge in [0, 0.05) is 26.1 Å². The number of hydrogen-bond acceptors (Lipinski definition) is 2. The number of carbonyl (C=O) groups excluding carboxylic acids is 1. The third-order valence-corrected chi connectivity index (χ3v) is 2.10. The van der Waals surface area contributed by atoms with Gasteiger partial charge in [0.1, 0.15) is 0 Å². The minimum absolute atomic E-state index is 0.0310. The van der Waals surface area contributed by atoms with Crippen molar-refractivity contribution >= 4 is 5.91 Å². The first-order chi connectivity index (χ1) is 4.91. The molecule has 3 heteroatoms. The Balaban J connectivity index is 4.16. The van der Waals surface area contributed by atoms with E-state index in [1.54, 1.807) is 11.9 Å². The van der Waals surface area contributed by atoms with Crippen molar-refractivity contribution in [3.05, 3.63) is 0 Å². The number of aliphatic hydroxyl groups excluding tert-OH is 1. The molecule has 66 valence electrons. The summed E-state index contributed by atoms with van der Waals surface area (Å²) in [7, 11) is 1.75. The highest BCUT2D eigenvalue weighted by Crippen LogP contribution is 2.15. The van der Waals surface area contributed by atoms with E-state index in [0.717, 1.165) is 0 Å². The molecule has 0 aliphatic carbocycles. The molecule has 0 unspecified atom stereocenters. The summed E-state index contributed by atoms with van der Waals surface area (Å²) in [6, 6.07) is 0. The van der Waals surface area contributed by atoms with Gasteiger partial charge in [-0.3, -0.25) is 4.79 Å². The van der Waals surface area contributed by atoms with Crippen molar-refractivity contribution in [3.63, 3.8) is 0 Å². The number of nitrogens with zero attached hydrogens (tertiary/aromatic N) is 1. The zero-order chi connectivity index (χ0) is 9.07. The highest BCUT2D eigenvalue weighted by molar-refractivity contribution is 5.73. The predicted molar refractivity (Wildman–Crippen MR) is 44.2 cm³/mol. The largest absolute Gasteiger partial charge is 0.396 e. The molecule has 11 heavy (non-hydrogen) atoms. The molecule has 0 heterocycles. The zero-order valence-corrected chi connectivity index (χ0v) is 7.72. The van der Waals surface area contributed by atoms with Gasteiger partial charge in [0.2, 0.25) is 5.91 Å². The molecule has 3 nitrogen and oxygen atoms in total. The van der Waals surface area contributed by atoms with Gasteiger partial charge >= 0.3 is 0 Å². The molecule has 0 aromatic heterocycles. The Hall–Kier alpha value is -0.570. The van der Waals surface area contributed by atoms with Crippen LogP contribution in [-0.4, -0.2) is 35.1 Å². The molecule has 0 spiro atoms. The van der Waals surface area contributed by atoms with Crippen molar-refractivity contribution in [1.82, 2.24) is 4.90 Å². The normalized spacial score (nSPS) is 11.4. The summed E-state index contributed by atoms with van der Waals surface area (Å²) in [5.74, 6) is 0.0310. The number of rotatable bonds is 3. The lowest BCUT2D eigenvalue weighted by atomic mass is 9.99. The van der Waals surface area contributed by atoms with Crippen molar-refractivity contribution in [2.24, 2.45) is 0 Å². The Labute approximate surface area is 68.0 Å². The van der Waals surface area contributed by atoms with E-state index >= 15 is 0 Å². The summed E-state index contributed by atoms with van der Waals surface area (Å²) < 4.78 is 0. The van der Waals surface area contributed by atoms with Crippen molar-refractivity contribution < 1.29 is 9.90 Å². The maximum Gasteiger partial charge on any atom is 0.219 e. The molecule has 1 amide bonds. The number of carbonyl (C=O) groups is 1. The first kappa shape index (κ1) is 10.4. The molecule has 0 radical (unpaired) electrons. The smallest absolute Gasteiger partial charge is 0.219 e. The molecule has 0 aliphatic heterocycles. The summed E-state index contributed by atoms with van der Waals surface area (Å²) in [6.45, 7) is 5.51. The molecule has 0 aromatic rings. The predicted octanol–water partition coefficient (Wildman–Crippen LogP) is 0.626. The molecular formula is C8H17NO2. The second-order valence-corrected chi connectivity index (χ2v) is 3.36. The van der Waals surface area contributed by atoms with Crippen LogP contribution in [0.15, 0.2) is 0 Å². The van der Waals surface area contributed by atoms with Crippen LogP contribution >= 0.6 is 0 Å². The van der Waals surface area contributed by atoms with Crippen LogP contribution in [-0.2, 0) is 4.79 Å². The molecule has 0 aromatic carbocycles. The monoisotopic (exact) mass is 159 g/mol. The molecule has 0 saturated heterocycles. The Kier molecular flexibility index (Phi) is 3.52. The molecule has 0 aliphatic rings. The number of amides is 1. The lowest BCUT2D eigenvalue weighted by Crippen LogP contribution is -2.44. The van der Waals surface area contributed by atoms with Gasteiger partial charge in [-0.05, 0) is 20.3 Å². The Morgan fingerprint density at radius 1 is 1.55 bits per heavy atom. The van der Waals surface area contributed by atoms with Gasteiger partial charge < -0.3 is 10.0 Å². The fourth-order valence-electron chi connectivity index (χ4n) is 0.868. The van der Waals surface area contributed by atoms with E-state index in [1.165, 1.54) is 6.92 Å². The first-order valence-corrected chi connectivity index (χ1v) is 3.77. The molecule has 0 bridgehead atoms. The number of aliphatic hydroxyl groups is 1. The van der Waals surface area contributed by atoms with Crippen LogP contribution in [0.4, 0.5) is 0 Å². The van der Waals surface area contributed by atoms with E-state index in [9.17, 15) is 4.79 Å². The van der Waals surface area contributed by atoms with Crippen molar-refractivity contribution in [1.29, 1.82) is 0 Å². The van der Waals surface area contributed by atoms with Crippen LogP contribution in [0.2, 0.25) is 0 Å². The van der Waals surface area contributed by atoms with Crippen LogP contribution in [0, 0.1) is 0 Å². The van der Waals surface area contributed by atoms with E-state index in [1.807, 2.05) is 13.8 Å². The molecule has 0 atom stereocenters. The fraction of sp³-hybridized carbons (Fsp3) is 0.875. The van der Waals surface area contributed by atoms with E-state index in [-0.39, 0.29) is 18.1 Å². The van der Waals surface area contributed by atoms with E-state index in [4.69, 9.17) is 5.11 Å². The van der Waals surface area contributed by atoms with Crippen molar-refractivity contribution in [2.75, 3.05) is 13.7 Å². The minimum atomic E-state index is -0.236. The van der Waals surface area contributed by atoms with Gasteiger partial charge in [-0.1, -0.05) is 0 Å². The minimum Gasteiger partial charge on any atom is -0.396 e. The fourth-order valence-corrected chi connectivity index (χ4v) is 0.868. The van der Waals surface area contributed by atoms with Crippen LogP contribution in [0.25, 0.3) is 0 Å². The molecular weight excluding hydrogens is 142 g/mol. The van der Waals surface area contributed by atoms with E-state index in [2.05, 4.69) is 0 Å². The quantitative estimate of drug-likeness (QED) is 0.656. The molecule has 1 N–H and O–H groups in total. The lowest BCUT2D eigenvalue weighted by molar-refractivity contribution is -0.132. The lowest BCUT2D eigenvalue weighted by Gasteiger charge is -2.34. The van der Waals surface area contributed by atoms with Gasteiger partial charge in [0.25, 0.3) is 0 Å². The first-order valence-electron chi connectivity index (χ1n) is 3.77. The van der Waals surface area contributed by atoms with Gasteiger partial charge in [-0.25, -0.2) is 0 Å². The Morgan fingerprint density at radius 2 is 2.00 bits per heavy atom. The highest BCUT2D eigenvalue weighted by Gasteiger charge is 2.24. The third-order valence-electron chi connectivity index (χ3n) is 2.10. The van der Waals surface area contributed by atoms with Gasteiger partial charge in [0.15, 0.2) is 0 Å². The topological polar surface area (TPSA) is 40.5 Å². The SMILES string of the molecule is CC(=O)N(C)C(C)(C)CCO. The maximum atomic E-state index is 10.9. The van der Waals surface area contributed by atoms with Crippen LogP contribution in [0.1, 0.15) is 27.2 Å². The molecule has 0 saturated carbocycles. The van der Waals surface area contributed by atoms with Crippen molar-refractivity contribution in [2.45, 2.75) is 32.7 Å². The molecule has 0 rings (SSSR count). The molecule has 0 fully saturated rings. The summed E-state index contributed by atoms with van der Waals surface area (Å²) in [6.07, 6.45) is 0.614. The Morgan fingerprint density at radius 3 is 2.27 bits per heavy atom. The van der Waals surface area contributed by atoms with Crippen LogP contribution in [0.5, 0.6) is 0 Å². The summed E-state index contributed by atoms with van der Waals surface area (Å²) in [5, 5.41) is 8.69. The summed E-state index contributed by atoms with van der Waals surface area (Å²) in [5.41, 5.74) is -0.236. The van der Waals surface area contributed by atoms with Gasteiger partial charge in [0.05, 0.1) is 0 Å². The third kappa shape index (κ3) is 2.89. The average Bonchev–Trinajstić information content (AvgIpc) is 1.86. The van der Waals surface area contributed by atoms with Crippen LogP contribution in [0.3, 0.4) is 0 Å². The van der Waals surface area contributed by atoms with Crippen LogP contribution < -0.4 is 0 Å². The second-order valence-electron chi connectivity index (χ2n) is 3.36. The van der Waals surface area contributed by atoms with Gasteiger partial charge in [-0.2, -0.15) is 0 Å². The maximum absolute atomic E-state index is 10.9. The average molecular weight is 159 g/mol. The van der Waals surface area contributed by atoms with Gasteiger partial charge in [-0.15, -0.1) is 0 Å².